The van der Waals surface area contributed by atoms with E-state index in [-0.39, 0.29) is 0 Å². The number of hydrogen-bond donors (Lipinski definition) is 1. The summed E-state index contributed by atoms with van der Waals surface area (Å²) in [6, 6.07) is 0.492. The molecule has 0 spiro atoms. The van der Waals surface area contributed by atoms with Crippen LogP contribution in [0.25, 0.3) is 0 Å². The summed E-state index contributed by atoms with van der Waals surface area (Å²) in [6.45, 7) is 7.41. The maximum absolute atomic E-state index is 5.56. The fourth-order valence-corrected chi connectivity index (χ4v) is 3.79. The maximum Gasteiger partial charge on any atom is 0.157 e. The third kappa shape index (κ3) is 2.97. The van der Waals surface area contributed by atoms with Gasteiger partial charge in [-0.2, -0.15) is 0 Å². The SMILES string of the molecule is CCOC1CC(N=C2NC(CC)(CC)CS2)C1. The van der Waals surface area contributed by atoms with Gasteiger partial charge in [-0.1, -0.05) is 25.6 Å². The van der Waals surface area contributed by atoms with Gasteiger partial charge in [-0.15, -0.1) is 0 Å². The minimum absolute atomic E-state index is 0.298. The molecule has 1 N–H and O–H groups in total. The first-order chi connectivity index (χ1) is 8.21. The molecule has 1 heterocycles. The second kappa shape index (κ2) is 5.61. The lowest BCUT2D eigenvalue weighted by Crippen LogP contribution is -2.43. The molecular weight excluding hydrogens is 232 g/mol. The van der Waals surface area contributed by atoms with Crippen molar-refractivity contribution in [2.75, 3.05) is 12.4 Å². The average Bonchev–Trinajstić information content (AvgIpc) is 2.71. The Hall–Kier alpha value is -0.220. The van der Waals surface area contributed by atoms with E-state index in [0.29, 0.717) is 17.7 Å². The molecule has 0 unspecified atom stereocenters. The Balaban J connectivity index is 1.81. The minimum atomic E-state index is 0.298. The van der Waals surface area contributed by atoms with Crippen molar-refractivity contribution in [3.63, 3.8) is 0 Å². The van der Waals surface area contributed by atoms with Gasteiger partial charge in [0.15, 0.2) is 5.17 Å². The van der Waals surface area contributed by atoms with E-state index in [2.05, 4.69) is 26.1 Å². The Labute approximate surface area is 109 Å². The van der Waals surface area contributed by atoms with Crippen molar-refractivity contribution in [3.05, 3.63) is 0 Å². The van der Waals surface area contributed by atoms with Crippen LogP contribution in [-0.2, 0) is 4.74 Å². The van der Waals surface area contributed by atoms with Crippen LogP contribution >= 0.6 is 11.8 Å². The van der Waals surface area contributed by atoms with E-state index in [4.69, 9.17) is 9.73 Å². The molecule has 0 aromatic rings. The summed E-state index contributed by atoms with van der Waals surface area (Å²) in [5.74, 6) is 1.17. The molecule has 17 heavy (non-hydrogen) atoms. The largest absolute Gasteiger partial charge is 0.378 e. The molecular formula is C13H24N2OS. The fraction of sp³-hybridized carbons (Fsp3) is 0.923. The van der Waals surface area contributed by atoms with Crippen LogP contribution in [0.4, 0.5) is 0 Å². The van der Waals surface area contributed by atoms with Crippen molar-refractivity contribution >= 4 is 16.9 Å². The van der Waals surface area contributed by atoms with E-state index in [1.165, 1.54) is 18.6 Å². The van der Waals surface area contributed by atoms with Gasteiger partial charge in [0.2, 0.25) is 0 Å². The van der Waals surface area contributed by atoms with Gasteiger partial charge >= 0.3 is 0 Å². The molecule has 2 aliphatic rings. The molecule has 0 amide bonds. The van der Waals surface area contributed by atoms with Gasteiger partial charge in [-0.3, -0.25) is 4.99 Å². The van der Waals surface area contributed by atoms with Gasteiger partial charge in [0.1, 0.15) is 0 Å². The van der Waals surface area contributed by atoms with Crippen LogP contribution in [0.1, 0.15) is 46.5 Å². The van der Waals surface area contributed by atoms with Crippen LogP contribution in [0.2, 0.25) is 0 Å². The zero-order valence-corrected chi connectivity index (χ0v) is 12.0. The Morgan fingerprint density at radius 1 is 1.35 bits per heavy atom. The van der Waals surface area contributed by atoms with Crippen LogP contribution in [-0.4, -0.2) is 35.2 Å². The smallest absolute Gasteiger partial charge is 0.157 e. The van der Waals surface area contributed by atoms with Crippen molar-refractivity contribution in [1.29, 1.82) is 0 Å². The van der Waals surface area contributed by atoms with Crippen LogP contribution in [0.15, 0.2) is 4.99 Å². The molecule has 1 saturated heterocycles. The van der Waals surface area contributed by atoms with E-state index in [1.807, 2.05) is 11.8 Å². The van der Waals surface area contributed by atoms with Gasteiger partial charge in [0.25, 0.3) is 0 Å². The molecule has 1 saturated carbocycles. The van der Waals surface area contributed by atoms with E-state index >= 15 is 0 Å². The highest BCUT2D eigenvalue weighted by Gasteiger charge is 2.36. The lowest BCUT2D eigenvalue weighted by molar-refractivity contribution is -0.000692. The minimum Gasteiger partial charge on any atom is -0.378 e. The summed E-state index contributed by atoms with van der Waals surface area (Å²) in [4.78, 5) is 4.79. The molecule has 1 aliphatic carbocycles. The number of ether oxygens (including phenoxy) is 1. The molecule has 0 aromatic heterocycles. The lowest BCUT2D eigenvalue weighted by Gasteiger charge is -2.32. The fourth-order valence-electron chi connectivity index (χ4n) is 2.39. The Morgan fingerprint density at radius 3 is 2.59 bits per heavy atom. The molecule has 4 heteroatoms. The predicted molar refractivity (Wildman–Crippen MR) is 74.8 cm³/mol. The average molecular weight is 256 g/mol. The zero-order valence-electron chi connectivity index (χ0n) is 11.2. The lowest BCUT2D eigenvalue weighted by atomic mass is 9.90. The van der Waals surface area contributed by atoms with Crippen LogP contribution in [0, 0.1) is 0 Å². The zero-order chi connectivity index (χ0) is 12.3. The van der Waals surface area contributed by atoms with E-state index in [0.717, 1.165) is 24.6 Å². The van der Waals surface area contributed by atoms with Crippen molar-refractivity contribution in [3.8, 4) is 0 Å². The molecule has 1 aliphatic heterocycles. The summed E-state index contributed by atoms with van der Waals surface area (Å²) >= 11 is 1.89. The molecule has 0 aromatic carbocycles. The van der Waals surface area contributed by atoms with Crippen LogP contribution < -0.4 is 5.32 Å². The van der Waals surface area contributed by atoms with Gasteiger partial charge < -0.3 is 10.1 Å². The second-order valence-electron chi connectivity index (χ2n) is 5.04. The molecule has 0 atom stereocenters. The van der Waals surface area contributed by atoms with Crippen LogP contribution in [0.5, 0.6) is 0 Å². The normalized spacial score (nSPS) is 33.5. The maximum atomic E-state index is 5.56. The topological polar surface area (TPSA) is 33.6 Å². The van der Waals surface area contributed by atoms with Crippen molar-refractivity contribution in [2.24, 2.45) is 4.99 Å². The monoisotopic (exact) mass is 256 g/mol. The second-order valence-corrected chi connectivity index (χ2v) is 6.00. The molecule has 98 valence electrons. The first kappa shape index (κ1) is 13.2. The number of rotatable bonds is 5. The Bertz CT molecular complexity index is 283. The third-order valence-electron chi connectivity index (χ3n) is 3.98. The van der Waals surface area contributed by atoms with E-state index in [9.17, 15) is 0 Å². The quantitative estimate of drug-likeness (QED) is 0.821. The molecule has 3 nitrogen and oxygen atoms in total. The first-order valence-corrected chi connectivity index (χ1v) is 7.80. The van der Waals surface area contributed by atoms with E-state index in [1.54, 1.807) is 0 Å². The number of nitrogens with zero attached hydrogens (tertiary/aromatic N) is 1. The summed E-state index contributed by atoms with van der Waals surface area (Å²) in [5, 5.41) is 4.78. The van der Waals surface area contributed by atoms with E-state index < -0.39 is 0 Å². The summed E-state index contributed by atoms with van der Waals surface area (Å²) in [5.41, 5.74) is 0.298. The third-order valence-corrected chi connectivity index (χ3v) is 5.16. The predicted octanol–water partition coefficient (Wildman–Crippen LogP) is 2.81. The summed E-state index contributed by atoms with van der Waals surface area (Å²) in [6.07, 6.45) is 5.03. The van der Waals surface area contributed by atoms with Gasteiger partial charge in [0, 0.05) is 17.9 Å². The van der Waals surface area contributed by atoms with Crippen LogP contribution in [0.3, 0.4) is 0 Å². The Morgan fingerprint density at radius 2 is 2.06 bits per heavy atom. The molecule has 2 rings (SSSR count). The van der Waals surface area contributed by atoms with Gasteiger partial charge in [-0.05, 0) is 32.6 Å². The van der Waals surface area contributed by atoms with Crippen molar-refractivity contribution in [1.82, 2.24) is 5.32 Å². The standard InChI is InChI=1S/C13H24N2OS/c1-4-13(5-2)9-17-12(15-13)14-10-7-11(8-10)16-6-3/h10-11H,4-9H2,1-3H3,(H,14,15). The number of aliphatic imine (C=N–C) groups is 1. The first-order valence-electron chi connectivity index (χ1n) is 6.81. The number of nitrogens with one attached hydrogen (secondary N) is 1. The van der Waals surface area contributed by atoms with Gasteiger partial charge in [-0.25, -0.2) is 0 Å². The van der Waals surface area contributed by atoms with Gasteiger partial charge in [0.05, 0.1) is 12.1 Å². The highest BCUT2D eigenvalue weighted by molar-refractivity contribution is 8.14. The summed E-state index contributed by atoms with van der Waals surface area (Å²) < 4.78 is 5.56. The number of thioether (sulfide) groups is 1. The Kier molecular flexibility index (Phi) is 4.36. The number of amidine groups is 1. The van der Waals surface area contributed by atoms with Crippen molar-refractivity contribution < 1.29 is 4.74 Å². The summed E-state index contributed by atoms with van der Waals surface area (Å²) in [7, 11) is 0. The molecule has 2 fully saturated rings. The molecule has 0 bridgehead atoms. The highest BCUT2D eigenvalue weighted by atomic mass is 32.2. The molecule has 0 radical (unpaired) electrons. The van der Waals surface area contributed by atoms with Crippen molar-refractivity contribution in [2.45, 2.75) is 64.1 Å². The number of hydrogen-bond acceptors (Lipinski definition) is 3. The highest BCUT2D eigenvalue weighted by Crippen LogP contribution is 2.32.